The van der Waals surface area contributed by atoms with Crippen molar-refractivity contribution < 1.29 is 13.9 Å². The predicted octanol–water partition coefficient (Wildman–Crippen LogP) is 1.66. The highest BCUT2D eigenvalue weighted by Gasteiger charge is 2.20. The van der Waals surface area contributed by atoms with Gasteiger partial charge in [-0.1, -0.05) is 6.58 Å². The van der Waals surface area contributed by atoms with Crippen molar-refractivity contribution in [3.8, 4) is 5.75 Å². The van der Waals surface area contributed by atoms with Crippen LogP contribution in [0.2, 0.25) is 0 Å². The third-order valence-corrected chi connectivity index (χ3v) is 3.49. The molecule has 0 saturated carbocycles. The Labute approximate surface area is 118 Å². The van der Waals surface area contributed by atoms with Crippen LogP contribution < -0.4 is 4.74 Å². The lowest BCUT2D eigenvalue weighted by Gasteiger charge is -2.34. The van der Waals surface area contributed by atoms with Gasteiger partial charge in [0.2, 0.25) is 5.91 Å². The summed E-state index contributed by atoms with van der Waals surface area (Å²) in [6.45, 7) is 6.98. The summed E-state index contributed by atoms with van der Waals surface area (Å²) in [6, 6.07) is 4.53. The van der Waals surface area contributed by atoms with Gasteiger partial charge in [0.1, 0.15) is 11.6 Å². The summed E-state index contributed by atoms with van der Waals surface area (Å²) in [7, 11) is 1.58. The highest BCUT2D eigenvalue weighted by atomic mass is 19.1. The minimum absolute atomic E-state index is 0.0343. The van der Waals surface area contributed by atoms with Crippen molar-refractivity contribution >= 4 is 5.91 Å². The monoisotopic (exact) mass is 278 g/mol. The molecule has 4 nitrogen and oxygen atoms in total. The molecule has 0 unspecified atom stereocenters. The molecule has 1 fully saturated rings. The topological polar surface area (TPSA) is 32.8 Å². The van der Waals surface area contributed by atoms with E-state index in [1.807, 2.05) is 0 Å². The zero-order valence-electron chi connectivity index (χ0n) is 11.6. The summed E-state index contributed by atoms with van der Waals surface area (Å²) in [5, 5.41) is 0. The van der Waals surface area contributed by atoms with Crippen molar-refractivity contribution in [3.05, 3.63) is 42.2 Å². The number of ether oxygens (including phenoxy) is 1. The van der Waals surface area contributed by atoms with E-state index < -0.39 is 0 Å². The molecule has 0 atom stereocenters. The van der Waals surface area contributed by atoms with Crippen molar-refractivity contribution in [2.45, 2.75) is 6.54 Å². The smallest absolute Gasteiger partial charge is 0.246 e. The average molecular weight is 278 g/mol. The zero-order chi connectivity index (χ0) is 14.5. The number of rotatable bonds is 4. The van der Waals surface area contributed by atoms with Gasteiger partial charge in [-0.2, -0.15) is 0 Å². The number of methoxy groups -OCH3 is 1. The number of nitrogens with zero attached hydrogens (tertiary/aromatic N) is 2. The average Bonchev–Trinajstić information content (AvgIpc) is 2.47. The van der Waals surface area contributed by atoms with Gasteiger partial charge < -0.3 is 9.64 Å². The van der Waals surface area contributed by atoms with E-state index in [4.69, 9.17) is 4.74 Å². The Morgan fingerprint density at radius 1 is 1.40 bits per heavy atom. The Hall–Kier alpha value is -1.88. The number of amides is 1. The van der Waals surface area contributed by atoms with E-state index in [-0.39, 0.29) is 11.7 Å². The van der Waals surface area contributed by atoms with Crippen LogP contribution in [0.1, 0.15) is 5.56 Å². The molecule has 1 aliphatic rings. The van der Waals surface area contributed by atoms with Gasteiger partial charge in [-0.25, -0.2) is 4.39 Å². The number of halogens is 1. The lowest BCUT2D eigenvalue weighted by atomic mass is 10.1. The fourth-order valence-electron chi connectivity index (χ4n) is 2.37. The second-order valence-corrected chi connectivity index (χ2v) is 4.76. The van der Waals surface area contributed by atoms with Crippen LogP contribution in [0.15, 0.2) is 30.9 Å². The van der Waals surface area contributed by atoms with E-state index in [1.54, 1.807) is 18.1 Å². The summed E-state index contributed by atoms with van der Waals surface area (Å²) in [5.41, 5.74) is 0.830. The van der Waals surface area contributed by atoms with E-state index >= 15 is 0 Å². The molecule has 20 heavy (non-hydrogen) atoms. The molecule has 0 aliphatic carbocycles. The second kappa shape index (κ2) is 6.52. The molecule has 1 aromatic rings. The number of carbonyl (C=O) groups is 1. The molecule has 1 aromatic carbocycles. The molecule has 0 radical (unpaired) electrons. The van der Waals surface area contributed by atoms with Gasteiger partial charge in [0.25, 0.3) is 0 Å². The number of hydrogen-bond donors (Lipinski definition) is 0. The van der Waals surface area contributed by atoms with Crippen molar-refractivity contribution in [2.24, 2.45) is 0 Å². The highest BCUT2D eigenvalue weighted by molar-refractivity contribution is 5.87. The first-order valence-corrected chi connectivity index (χ1v) is 6.60. The molecule has 1 amide bonds. The van der Waals surface area contributed by atoms with Crippen molar-refractivity contribution in [2.75, 3.05) is 33.3 Å². The first-order chi connectivity index (χ1) is 9.63. The van der Waals surface area contributed by atoms with Gasteiger partial charge in [0.15, 0.2) is 0 Å². The normalized spacial score (nSPS) is 16.0. The molecule has 1 aliphatic heterocycles. The van der Waals surface area contributed by atoms with Crippen LogP contribution in [-0.2, 0) is 11.3 Å². The maximum Gasteiger partial charge on any atom is 0.246 e. The molecule has 108 valence electrons. The summed E-state index contributed by atoms with van der Waals surface area (Å²) in [4.78, 5) is 15.5. The van der Waals surface area contributed by atoms with Crippen molar-refractivity contribution in [1.29, 1.82) is 0 Å². The molecule has 2 rings (SSSR count). The largest absolute Gasteiger partial charge is 0.496 e. The third kappa shape index (κ3) is 3.36. The standard InChI is InChI=1S/C15H19FN2O2/c1-3-15(19)18-8-6-17(7-9-18)11-12-10-13(16)4-5-14(12)20-2/h3-5,10H,1,6-9,11H2,2H3. The Bertz CT molecular complexity index is 497. The number of hydrogen-bond acceptors (Lipinski definition) is 3. The maximum atomic E-state index is 13.3. The first-order valence-electron chi connectivity index (χ1n) is 6.60. The number of piperazine rings is 1. The molecule has 5 heteroatoms. The lowest BCUT2D eigenvalue weighted by molar-refractivity contribution is -0.127. The number of benzene rings is 1. The van der Waals surface area contributed by atoms with Crippen LogP contribution in [0.25, 0.3) is 0 Å². The molecule has 1 heterocycles. The molecule has 0 spiro atoms. The van der Waals surface area contributed by atoms with Crippen LogP contribution in [0.4, 0.5) is 4.39 Å². The van der Waals surface area contributed by atoms with Crippen LogP contribution >= 0.6 is 0 Å². The molecule has 0 bridgehead atoms. The van der Waals surface area contributed by atoms with Crippen LogP contribution in [-0.4, -0.2) is 49.0 Å². The Morgan fingerprint density at radius 2 is 2.10 bits per heavy atom. The van der Waals surface area contributed by atoms with Crippen LogP contribution in [0, 0.1) is 5.82 Å². The minimum Gasteiger partial charge on any atom is -0.496 e. The lowest BCUT2D eigenvalue weighted by Crippen LogP contribution is -2.47. The van der Waals surface area contributed by atoms with Gasteiger partial charge in [0, 0.05) is 38.3 Å². The summed E-state index contributed by atoms with van der Waals surface area (Å²) >= 11 is 0. The van der Waals surface area contributed by atoms with Crippen molar-refractivity contribution in [1.82, 2.24) is 9.80 Å². The minimum atomic E-state index is -0.263. The maximum absolute atomic E-state index is 13.3. The first kappa shape index (κ1) is 14.5. The van der Waals surface area contributed by atoms with Gasteiger partial charge >= 0.3 is 0 Å². The van der Waals surface area contributed by atoms with Crippen LogP contribution in [0.5, 0.6) is 5.75 Å². The third-order valence-electron chi connectivity index (χ3n) is 3.49. The summed E-state index contributed by atoms with van der Waals surface area (Å²) in [6.07, 6.45) is 1.34. The van der Waals surface area contributed by atoms with E-state index in [2.05, 4.69) is 11.5 Å². The molecular weight excluding hydrogens is 259 g/mol. The Balaban J connectivity index is 1.97. The van der Waals surface area contributed by atoms with Gasteiger partial charge in [0.05, 0.1) is 7.11 Å². The number of carbonyl (C=O) groups excluding carboxylic acids is 1. The highest BCUT2D eigenvalue weighted by Crippen LogP contribution is 2.21. The fourth-order valence-corrected chi connectivity index (χ4v) is 2.37. The Kier molecular flexibility index (Phi) is 4.74. The van der Waals surface area contributed by atoms with Gasteiger partial charge in [-0.3, -0.25) is 9.69 Å². The van der Waals surface area contributed by atoms with Crippen molar-refractivity contribution in [3.63, 3.8) is 0 Å². The molecule has 0 N–H and O–H groups in total. The van der Waals surface area contributed by atoms with E-state index in [9.17, 15) is 9.18 Å². The molecule has 1 saturated heterocycles. The summed E-state index contributed by atoms with van der Waals surface area (Å²) < 4.78 is 18.6. The SMILES string of the molecule is C=CC(=O)N1CCN(Cc2cc(F)ccc2OC)CC1. The zero-order valence-corrected chi connectivity index (χ0v) is 11.6. The fraction of sp³-hybridized carbons (Fsp3) is 0.400. The second-order valence-electron chi connectivity index (χ2n) is 4.76. The quantitative estimate of drug-likeness (QED) is 0.785. The van der Waals surface area contributed by atoms with Gasteiger partial charge in [-0.05, 0) is 24.3 Å². The molecular formula is C15H19FN2O2. The van der Waals surface area contributed by atoms with E-state index in [0.717, 1.165) is 18.7 Å². The van der Waals surface area contributed by atoms with Gasteiger partial charge in [-0.15, -0.1) is 0 Å². The van der Waals surface area contributed by atoms with E-state index in [1.165, 1.54) is 18.2 Å². The summed E-state index contributed by atoms with van der Waals surface area (Å²) in [5.74, 6) is 0.394. The van der Waals surface area contributed by atoms with E-state index in [0.29, 0.717) is 25.4 Å². The predicted molar refractivity (Wildman–Crippen MR) is 75.0 cm³/mol. The van der Waals surface area contributed by atoms with Crippen LogP contribution in [0.3, 0.4) is 0 Å². The molecule has 0 aromatic heterocycles. The Morgan fingerprint density at radius 3 is 2.70 bits per heavy atom.